The summed E-state index contributed by atoms with van der Waals surface area (Å²) in [6, 6.07) is 7.37. The van der Waals surface area contributed by atoms with Gasteiger partial charge >= 0.3 is 11.8 Å². The van der Waals surface area contributed by atoms with E-state index < -0.39 is 17.7 Å². The molecule has 43 heavy (non-hydrogen) atoms. The molecular weight excluding hydrogens is 564 g/mol. The number of nitrogens with two attached hydrogens (primary N) is 1. The summed E-state index contributed by atoms with van der Waals surface area (Å²) in [7, 11) is 3.58. The number of primary amides is 1. The molecule has 3 aromatic rings. The number of pyridine rings is 1. The van der Waals surface area contributed by atoms with Crippen LogP contribution >= 0.6 is 11.3 Å². The molecule has 0 unspecified atom stereocenters. The average Bonchev–Trinajstić information content (AvgIpc) is 3.38. The summed E-state index contributed by atoms with van der Waals surface area (Å²) in [5.41, 5.74) is 7.67. The zero-order valence-electron chi connectivity index (χ0n) is 26.1. The van der Waals surface area contributed by atoms with Crippen molar-refractivity contribution in [3.05, 3.63) is 46.6 Å². The zero-order chi connectivity index (χ0) is 31.3. The number of carbonyl (C=O) groups is 3. The number of ether oxygens (including phenoxy) is 1. The Kier molecular flexibility index (Phi) is 8.26. The number of aromatic nitrogens is 2. The quantitative estimate of drug-likeness (QED) is 0.386. The smallest absolute Gasteiger partial charge is 0.313 e. The first-order valence-electron chi connectivity index (χ1n) is 14.8. The Balaban J connectivity index is 1.38. The summed E-state index contributed by atoms with van der Waals surface area (Å²) >= 11 is 1.76. The third-order valence-electron chi connectivity index (χ3n) is 9.31. The number of nitrogens with one attached hydrogen (secondary N) is 1. The summed E-state index contributed by atoms with van der Waals surface area (Å²) < 4.78 is 6.20. The highest BCUT2D eigenvalue weighted by atomic mass is 32.1. The molecule has 0 radical (unpaired) electrons. The molecule has 0 saturated carbocycles. The number of carbonyl (C=O) groups excluding carboxylic acids is 3. The lowest BCUT2D eigenvalue weighted by Gasteiger charge is -2.53. The van der Waals surface area contributed by atoms with E-state index in [4.69, 9.17) is 15.5 Å². The number of thiazole rings is 1. The molecule has 2 aromatic heterocycles. The molecule has 2 aliphatic heterocycles. The lowest BCUT2D eigenvalue weighted by Crippen LogP contribution is -2.58. The summed E-state index contributed by atoms with van der Waals surface area (Å²) in [6.45, 7) is 11.8. The van der Waals surface area contributed by atoms with Crippen LogP contribution in [0, 0.1) is 5.92 Å². The van der Waals surface area contributed by atoms with E-state index >= 15 is 0 Å². The highest BCUT2D eigenvalue weighted by molar-refractivity contribution is 7.18. The molecule has 2 saturated heterocycles. The van der Waals surface area contributed by atoms with Crippen molar-refractivity contribution >= 4 is 45.0 Å². The van der Waals surface area contributed by atoms with E-state index in [0.29, 0.717) is 12.5 Å². The molecule has 3 amide bonds. The number of rotatable bonds is 5. The molecule has 10 nitrogen and oxygen atoms in total. The number of hydrogen-bond acceptors (Lipinski definition) is 8. The van der Waals surface area contributed by atoms with Crippen LogP contribution in [0.5, 0.6) is 5.88 Å². The topological polar surface area (TPSA) is 131 Å². The van der Waals surface area contributed by atoms with Gasteiger partial charge in [0.2, 0.25) is 5.88 Å². The van der Waals surface area contributed by atoms with Gasteiger partial charge in [0, 0.05) is 23.5 Å². The number of amides is 3. The molecular formula is C32H42N6O4S. The van der Waals surface area contributed by atoms with Crippen LogP contribution in [-0.2, 0) is 9.59 Å². The van der Waals surface area contributed by atoms with Crippen LogP contribution in [0.3, 0.4) is 0 Å². The van der Waals surface area contributed by atoms with E-state index in [1.165, 1.54) is 19.4 Å². The van der Waals surface area contributed by atoms with Gasteiger partial charge in [0.15, 0.2) is 0 Å². The second kappa shape index (κ2) is 11.5. The number of hydrogen-bond donors (Lipinski definition) is 2. The molecule has 230 valence electrons. The van der Waals surface area contributed by atoms with Crippen LogP contribution in [0.1, 0.15) is 93.2 Å². The molecule has 1 aromatic carbocycles. The Bertz CT molecular complexity index is 1550. The molecule has 2 fully saturated rings. The predicted octanol–water partition coefficient (Wildman–Crippen LogP) is 5.10. The lowest BCUT2D eigenvalue weighted by atomic mass is 9.74. The minimum Gasteiger partial charge on any atom is -0.480 e. The molecule has 0 spiro atoms. The van der Waals surface area contributed by atoms with Gasteiger partial charge in [-0.1, -0.05) is 13.0 Å². The van der Waals surface area contributed by atoms with Gasteiger partial charge in [-0.2, -0.15) is 0 Å². The second-order valence-electron chi connectivity index (χ2n) is 13.3. The Morgan fingerprint density at radius 2 is 1.79 bits per heavy atom. The van der Waals surface area contributed by atoms with Gasteiger partial charge < -0.3 is 20.7 Å². The number of anilines is 1. The molecule has 3 N–H and O–H groups in total. The van der Waals surface area contributed by atoms with Crippen LogP contribution in [0.2, 0.25) is 0 Å². The van der Waals surface area contributed by atoms with Gasteiger partial charge in [-0.3, -0.25) is 19.3 Å². The number of likely N-dealkylation sites (tertiary alicyclic amines) is 2. The number of piperidine rings is 2. The molecule has 5 rings (SSSR count). The third-order valence-corrected chi connectivity index (χ3v) is 10.5. The maximum atomic E-state index is 13.6. The van der Waals surface area contributed by atoms with Gasteiger partial charge in [0.05, 0.1) is 40.3 Å². The average molecular weight is 607 g/mol. The fraction of sp³-hybridized carbons (Fsp3) is 0.531. The van der Waals surface area contributed by atoms with E-state index in [1.807, 2.05) is 0 Å². The maximum Gasteiger partial charge on any atom is 0.313 e. The summed E-state index contributed by atoms with van der Waals surface area (Å²) in [5.74, 6) is -1.51. The fourth-order valence-electron chi connectivity index (χ4n) is 6.79. The monoisotopic (exact) mass is 606 g/mol. The molecule has 2 atom stereocenters. The van der Waals surface area contributed by atoms with Crippen molar-refractivity contribution in [3.8, 4) is 5.88 Å². The highest BCUT2D eigenvalue weighted by Gasteiger charge is 2.44. The van der Waals surface area contributed by atoms with Crippen molar-refractivity contribution in [2.45, 2.75) is 83.3 Å². The first-order valence-corrected chi connectivity index (χ1v) is 15.6. The van der Waals surface area contributed by atoms with Crippen molar-refractivity contribution in [1.82, 2.24) is 19.8 Å². The first-order chi connectivity index (χ1) is 20.2. The summed E-state index contributed by atoms with van der Waals surface area (Å²) in [5, 5.41) is 3.75. The van der Waals surface area contributed by atoms with Crippen molar-refractivity contribution in [2.24, 2.45) is 11.7 Å². The summed E-state index contributed by atoms with van der Waals surface area (Å²) in [4.78, 5) is 51.8. The van der Waals surface area contributed by atoms with Crippen LogP contribution in [0.4, 0.5) is 5.69 Å². The predicted molar refractivity (Wildman–Crippen MR) is 168 cm³/mol. The van der Waals surface area contributed by atoms with E-state index in [0.717, 1.165) is 46.5 Å². The number of fused-ring (bicyclic) bond motifs is 1. The molecule has 0 aliphatic carbocycles. The Labute approximate surface area is 257 Å². The van der Waals surface area contributed by atoms with E-state index in [1.54, 1.807) is 16.2 Å². The van der Waals surface area contributed by atoms with Gasteiger partial charge in [-0.05, 0) is 90.1 Å². The van der Waals surface area contributed by atoms with E-state index in [9.17, 15) is 14.4 Å². The minimum atomic E-state index is -0.800. The van der Waals surface area contributed by atoms with Crippen molar-refractivity contribution < 1.29 is 19.1 Å². The Morgan fingerprint density at radius 3 is 2.44 bits per heavy atom. The number of methoxy groups -OCH3 is 1. The van der Waals surface area contributed by atoms with Crippen molar-refractivity contribution in [1.29, 1.82) is 0 Å². The second-order valence-corrected chi connectivity index (χ2v) is 14.4. The Morgan fingerprint density at radius 1 is 1.09 bits per heavy atom. The SMILES string of the molecule is COc1ncc(NC(=O)C(=O)N2C[C@@H](C)CC[C@@H]2c2ccc3sc(C4CC(C)(C)N(C)C(C)(C)C4)nc3c2)cc1C(N)=O. The van der Waals surface area contributed by atoms with Crippen LogP contribution < -0.4 is 15.8 Å². The zero-order valence-corrected chi connectivity index (χ0v) is 26.9. The minimum absolute atomic E-state index is 0.0144. The van der Waals surface area contributed by atoms with Crippen molar-refractivity contribution in [2.75, 3.05) is 26.0 Å². The van der Waals surface area contributed by atoms with E-state index in [2.05, 4.69) is 75.1 Å². The fourth-order valence-corrected chi connectivity index (χ4v) is 7.84. The van der Waals surface area contributed by atoms with E-state index in [-0.39, 0.29) is 40.2 Å². The first kappa shape index (κ1) is 30.9. The third kappa shape index (κ3) is 6.10. The molecule has 4 heterocycles. The van der Waals surface area contributed by atoms with Crippen LogP contribution in [-0.4, -0.2) is 69.3 Å². The maximum absolute atomic E-state index is 13.6. The van der Waals surface area contributed by atoms with Gasteiger partial charge in [-0.25, -0.2) is 9.97 Å². The van der Waals surface area contributed by atoms with Crippen LogP contribution in [0.25, 0.3) is 10.2 Å². The standard InChI is InChI=1S/C32H42N6O4S/c1-18-8-10-24(38(17-18)30(41)27(40)35-21-13-22(26(33)39)28(42-7)34-16-21)19-9-11-25-23(12-19)36-29(43-25)20-14-31(2,3)37(6)32(4,5)15-20/h9,11-13,16,18,20,24H,8,10,14-15,17H2,1-7H3,(H2,33,39)(H,35,40)/t18-,24+/m0/s1. The molecule has 0 bridgehead atoms. The molecule has 11 heteroatoms. The van der Waals surface area contributed by atoms with Gasteiger partial charge in [0.25, 0.3) is 5.91 Å². The summed E-state index contributed by atoms with van der Waals surface area (Å²) in [6.07, 6.45) is 5.11. The number of benzene rings is 1. The van der Waals surface area contributed by atoms with Gasteiger partial charge in [0.1, 0.15) is 5.56 Å². The van der Waals surface area contributed by atoms with Crippen LogP contribution in [0.15, 0.2) is 30.5 Å². The lowest BCUT2D eigenvalue weighted by molar-refractivity contribution is -0.146. The highest BCUT2D eigenvalue weighted by Crippen LogP contribution is 2.46. The molecule has 2 aliphatic rings. The normalized spacial score (nSPS) is 22.3. The Hall–Kier alpha value is -3.57. The largest absolute Gasteiger partial charge is 0.480 e. The van der Waals surface area contributed by atoms with Gasteiger partial charge in [-0.15, -0.1) is 11.3 Å². The number of nitrogens with zero attached hydrogens (tertiary/aromatic N) is 4. The van der Waals surface area contributed by atoms with Crippen molar-refractivity contribution in [3.63, 3.8) is 0 Å².